The summed E-state index contributed by atoms with van der Waals surface area (Å²) < 4.78 is 182. The zero-order chi connectivity index (χ0) is 20.4. The molecule has 0 aliphatic heterocycles. The summed E-state index contributed by atoms with van der Waals surface area (Å²) in [5.41, 5.74) is 0. The third-order valence-corrected chi connectivity index (χ3v) is 1.81. The molecule has 0 saturated carbocycles. The van der Waals surface area contributed by atoms with Crippen LogP contribution in [0.2, 0.25) is 0 Å². The average molecular weight is 402 g/mol. The largest absolute Gasteiger partial charge is 0.460 e. The van der Waals surface area contributed by atoms with Crippen LogP contribution in [0, 0.1) is 0 Å². The first-order valence-electron chi connectivity index (χ1n) is 4.69. The smallest absolute Gasteiger partial charge is 0.212 e. The molecule has 0 atom stereocenters. The van der Waals surface area contributed by atoms with E-state index in [1.807, 2.05) is 0 Å². The number of halogens is 16. The van der Waals surface area contributed by atoms with Gasteiger partial charge in [-0.25, -0.2) is 13.2 Å². The van der Waals surface area contributed by atoms with Crippen molar-refractivity contribution in [3.05, 3.63) is 12.2 Å². The van der Waals surface area contributed by atoms with Crippen LogP contribution in [0.1, 0.15) is 0 Å². The molecule has 0 spiro atoms. The second kappa shape index (κ2) is 7.25. The highest BCUT2D eigenvalue weighted by Crippen LogP contribution is 2.54. The van der Waals surface area contributed by atoms with Gasteiger partial charge in [-0.1, -0.05) is 0 Å². The lowest BCUT2D eigenvalue weighted by molar-refractivity contribution is -0.408. The fourth-order valence-electron chi connectivity index (χ4n) is 0.586. The highest BCUT2D eigenvalue weighted by Gasteiger charge is 2.83. The predicted molar refractivity (Wildman–Crippen MR) is 43.3 cm³/mol. The predicted octanol–water partition coefficient (Wildman–Crippen LogP) is 6.05. The number of rotatable bonds is 3. The zero-order valence-electron chi connectivity index (χ0n) is 10.2. The Bertz CT molecular complexity index is 422. The standard InChI is InChI=1S/C5HF11.C3HF5/c6-1(7)2(8,9)3(10,11)4(12,13)5(14,15)16;4-1-2(5)3(6,7)8/h1H;1H/b;2-1+. The first-order chi connectivity index (χ1) is 10.2. The highest BCUT2D eigenvalue weighted by molar-refractivity contribution is 5.01. The van der Waals surface area contributed by atoms with Gasteiger partial charge in [0.15, 0.2) is 0 Å². The van der Waals surface area contributed by atoms with Gasteiger partial charge >= 0.3 is 36.5 Å². The molecule has 0 saturated heterocycles. The Morgan fingerprint density at radius 1 is 0.667 bits per heavy atom. The lowest BCUT2D eigenvalue weighted by Gasteiger charge is -2.32. The Morgan fingerprint density at radius 2 is 1.00 bits per heavy atom. The van der Waals surface area contributed by atoms with Crippen LogP contribution in [-0.2, 0) is 0 Å². The summed E-state index contributed by atoms with van der Waals surface area (Å²) in [4.78, 5) is 0. The average Bonchev–Trinajstić information content (AvgIpc) is 2.35. The van der Waals surface area contributed by atoms with Crippen LogP contribution in [-0.4, -0.2) is 36.5 Å². The summed E-state index contributed by atoms with van der Waals surface area (Å²) in [5.74, 6) is -24.0. The van der Waals surface area contributed by atoms with Crippen LogP contribution in [0.3, 0.4) is 0 Å². The zero-order valence-corrected chi connectivity index (χ0v) is 10.2. The maximum absolute atomic E-state index is 12.0. The van der Waals surface area contributed by atoms with Gasteiger partial charge in [0.1, 0.15) is 6.33 Å². The first kappa shape index (κ1) is 24.9. The number of hydrogen-bond donors (Lipinski definition) is 0. The molecular weight excluding hydrogens is 400 g/mol. The molecule has 0 fully saturated rings. The molecule has 0 aliphatic carbocycles. The van der Waals surface area contributed by atoms with Gasteiger partial charge < -0.3 is 0 Å². The molecule has 0 bridgehead atoms. The molecule has 0 nitrogen and oxygen atoms in total. The Kier molecular flexibility index (Phi) is 7.51. The van der Waals surface area contributed by atoms with Gasteiger partial charge in [0.2, 0.25) is 5.83 Å². The van der Waals surface area contributed by atoms with E-state index in [1.165, 1.54) is 0 Å². The van der Waals surface area contributed by atoms with Gasteiger partial charge in [0.05, 0.1) is 0 Å². The first-order valence-corrected chi connectivity index (χ1v) is 4.69. The Morgan fingerprint density at radius 3 is 1.12 bits per heavy atom. The van der Waals surface area contributed by atoms with Crippen LogP contribution < -0.4 is 0 Å². The van der Waals surface area contributed by atoms with E-state index in [0.717, 1.165) is 0 Å². The van der Waals surface area contributed by atoms with Crippen molar-refractivity contribution in [2.75, 3.05) is 0 Å². The minimum absolute atomic E-state index is 1.12. The summed E-state index contributed by atoms with van der Waals surface area (Å²) >= 11 is 0. The molecule has 24 heavy (non-hydrogen) atoms. The lowest BCUT2D eigenvalue weighted by atomic mass is 10.0. The van der Waals surface area contributed by atoms with E-state index >= 15 is 0 Å². The fourth-order valence-corrected chi connectivity index (χ4v) is 0.586. The summed E-state index contributed by atoms with van der Waals surface area (Å²) in [6.45, 7) is 0. The molecule has 146 valence electrons. The van der Waals surface area contributed by atoms with E-state index < -0.39 is 48.7 Å². The van der Waals surface area contributed by atoms with Gasteiger partial charge in [0.25, 0.3) is 0 Å². The Hall–Kier alpha value is -1.38. The monoisotopic (exact) mass is 402 g/mol. The maximum Gasteiger partial charge on any atom is 0.460 e. The highest BCUT2D eigenvalue weighted by atomic mass is 19.4. The summed E-state index contributed by atoms with van der Waals surface area (Å²) in [6.07, 6.45) is -18.7. The summed E-state index contributed by atoms with van der Waals surface area (Å²) in [7, 11) is 0. The van der Waals surface area contributed by atoms with Crippen LogP contribution >= 0.6 is 0 Å². The normalized spacial score (nSPS) is 15.3. The van der Waals surface area contributed by atoms with E-state index in [0.29, 0.717) is 0 Å². The molecule has 0 aromatic heterocycles. The van der Waals surface area contributed by atoms with Crippen LogP contribution in [0.15, 0.2) is 12.2 Å². The van der Waals surface area contributed by atoms with Crippen molar-refractivity contribution in [3.8, 4) is 0 Å². The number of allylic oxidation sites excluding steroid dienone is 1. The van der Waals surface area contributed by atoms with Crippen LogP contribution in [0.25, 0.3) is 0 Å². The molecule has 0 aliphatic rings. The van der Waals surface area contributed by atoms with Gasteiger partial charge in [0, 0.05) is 0 Å². The van der Waals surface area contributed by atoms with Crippen LogP contribution in [0.4, 0.5) is 70.2 Å². The van der Waals surface area contributed by atoms with Gasteiger partial charge in [-0.2, -0.15) is 57.1 Å². The second-order valence-corrected chi connectivity index (χ2v) is 3.53. The van der Waals surface area contributed by atoms with Crippen molar-refractivity contribution < 1.29 is 70.2 Å². The fraction of sp³-hybridized carbons (Fsp3) is 0.750. The maximum atomic E-state index is 12.0. The van der Waals surface area contributed by atoms with E-state index in [1.54, 1.807) is 0 Å². The Balaban J connectivity index is 0. The quantitative estimate of drug-likeness (QED) is 0.505. The number of hydrogen-bond acceptors (Lipinski definition) is 0. The van der Waals surface area contributed by atoms with Crippen molar-refractivity contribution >= 4 is 0 Å². The molecule has 0 heterocycles. The number of alkyl halides is 14. The molecular formula is C8H2F16. The van der Waals surface area contributed by atoms with Crippen molar-refractivity contribution in [1.29, 1.82) is 0 Å². The van der Waals surface area contributed by atoms with Crippen molar-refractivity contribution in [2.45, 2.75) is 36.5 Å². The van der Waals surface area contributed by atoms with Crippen LogP contribution in [0.5, 0.6) is 0 Å². The molecule has 0 radical (unpaired) electrons. The van der Waals surface area contributed by atoms with Gasteiger partial charge in [-0.15, -0.1) is 0 Å². The molecule has 0 amide bonds. The summed E-state index contributed by atoms with van der Waals surface area (Å²) in [5, 5.41) is 0. The molecule has 0 N–H and O–H groups in total. The van der Waals surface area contributed by atoms with E-state index in [9.17, 15) is 70.2 Å². The molecule has 0 rings (SSSR count). The topological polar surface area (TPSA) is 0 Å². The van der Waals surface area contributed by atoms with Gasteiger partial charge in [-0.05, 0) is 0 Å². The van der Waals surface area contributed by atoms with E-state index in [-0.39, 0.29) is 0 Å². The van der Waals surface area contributed by atoms with Gasteiger partial charge in [-0.3, -0.25) is 0 Å². The van der Waals surface area contributed by atoms with Crippen molar-refractivity contribution in [1.82, 2.24) is 0 Å². The van der Waals surface area contributed by atoms with Crippen molar-refractivity contribution in [3.63, 3.8) is 0 Å². The van der Waals surface area contributed by atoms with E-state index in [4.69, 9.17) is 0 Å². The molecule has 0 unspecified atom stereocenters. The summed E-state index contributed by atoms with van der Waals surface area (Å²) in [6, 6.07) is 0. The van der Waals surface area contributed by atoms with E-state index in [2.05, 4.69) is 0 Å². The minimum Gasteiger partial charge on any atom is -0.212 e. The SMILES string of the molecule is F/C=C(/F)C(F)(F)F.FC(F)C(F)(F)C(F)(F)C(F)(F)C(F)(F)F. The Labute approximate surface area is 120 Å². The second-order valence-electron chi connectivity index (χ2n) is 3.53. The third-order valence-electron chi connectivity index (χ3n) is 1.81. The molecule has 16 heteroatoms. The minimum atomic E-state index is -7.26. The van der Waals surface area contributed by atoms with Crippen molar-refractivity contribution in [2.24, 2.45) is 0 Å². The molecule has 0 aromatic rings. The lowest BCUT2D eigenvalue weighted by Crippen LogP contribution is -2.63. The molecule has 0 aromatic carbocycles. The third kappa shape index (κ3) is 5.06.